The van der Waals surface area contributed by atoms with Gasteiger partial charge in [0, 0.05) is 24.4 Å². The van der Waals surface area contributed by atoms with Crippen molar-refractivity contribution in [2.75, 3.05) is 45.5 Å². The molecule has 0 amide bonds. The van der Waals surface area contributed by atoms with Gasteiger partial charge in [-0.05, 0) is 46.5 Å². The zero-order valence-corrected chi connectivity index (χ0v) is 15.1. The van der Waals surface area contributed by atoms with E-state index >= 15 is 0 Å². The fraction of sp³-hybridized carbons (Fsp3) is 0.933. The molecule has 0 aromatic carbocycles. The Morgan fingerprint density at radius 1 is 1.15 bits per heavy atom. The second-order valence-corrected chi connectivity index (χ2v) is 7.03. The Labute approximate surface area is 130 Å². The number of hydrogen-bond donors (Lipinski definition) is 2. The normalized spacial score (nSPS) is 12.8. The van der Waals surface area contributed by atoms with Crippen molar-refractivity contribution in [1.82, 2.24) is 15.5 Å². The minimum absolute atomic E-state index is 0.194. The average molecular weight is 303 g/mol. The van der Waals surface area contributed by atoms with Crippen LogP contribution in [0.3, 0.4) is 0 Å². The lowest BCUT2D eigenvalue weighted by Crippen LogP contribution is -2.42. The summed E-state index contributed by atoms with van der Waals surface area (Å²) in [5, 5.41) is 6.74. The largest absolute Gasteiger partial charge is 0.357 e. The minimum atomic E-state index is 0.194. The molecule has 120 valence electrons. The number of guanidine groups is 1. The Morgan fingerprint density at radius 2 is 1.85 bits per heavy atom. The lowest BCUT2D eigenvalue weighted by molar-refractivity contribution is 0.293. The summed E-state index contributed by atoms with van der Waals surface area (Å²) in [6.07, 6.45) is 3.35. The molecule has 0 unspecified atom stereocenters. The van der Waals surface area contributed by atoms with E-state index in [9.17, 15) is 0 Å². The zero-order valence-electron chi connectivity index (χ0n) is 14.3. The average Bonchev–Trinajstić information content (AvgIpc) is 2.43. The van der Waals surface area contributed by atoms with Crippen LogP contribution in [0.4, 0.5) is 0 Å². The van der Waals surface area contributed by atoms with E-state index in [1.165, 1.54) is 13.0 Å². The van der Waals surface area contributed by atoms with Crippen LogP contribution in [0.15, 0.2) is 4.99 Å². The van der Waals surface area contributed by atoms with E-state index in [0.717, 1.165) is 38.7 Å². The van der Waals surface area contributed by atoms with Gasteiger partial charge in [-0.2, -0.15) is 11.8 Å². The molecule has 0 aliphatic carbocycles. The van der Waals surface area contributed by atoms with Crippen molar-refractivity contribution in [3.63, 3.8) is 0 Å². The molecule has 0 heterocycles. The van der Waals surface area contributed by atoms with Gasteiger partial charge in [0.2, 0.25) is 0 Å². The number of aliphatic imine (C=N–C) groups is 1. The molecule has 0 bridgehead atoms. The van der Waals surface area contributed by atoms with Crippen LogP contribution in [0.1, 0.15) is 41.0 Å². The summed E-state index contributed by atoms with van der Waals surface area (Å²) in [5.41, 5.74) is 0. The van der Waals surface area contributed by atoms with E-state index in [4.69, 9.17) is 0 Å². The summed E-state index contributed by atoms with van der Waals surface area (Å²) in [7, 11) is 0. The van der Waals surface area contributed by atoms with Gasteiger partial charge < -0.3 is 15.5 Å². The smallest absolute Gasteiger partial charge is 0.191 e. The van der Waals surface area contributed by atoms with E-state index in [-0.39, 0.29) is 4.75 Å². The van der Waals surface area contributed by atoms with E-state index < -0.39 is 0 Å². The molecular weight excluding hydrogens is 268 g/mol. The number of rotatable bonds is 10. The molecule has 0 rings (SSSR count). The topological polar surface area (TPSA) is 39.7 Å². The standard InChI is InChI=1S/C15H34N4S/c1-7-11-19(9-3)12-10-17-14(16-8-2)18-13-15(4,5)20-6/h7-13H2,1-6H3,(H2,16,17,18). The zero-order chi connectivity index (χ0) is 15.4. The van der Waals surface area contributed by atoms with Gasteiger partial charge in [-0.25, -0.2) is 0 Å². The molecule has 0 aliphatic rings. The second-order valence-electron chi connectivity index (χ2n) is 5.52. The predicted molar refractivity (Wildman–Crippen MR) is 94.0 cm³/mol. The summed E-state index contributed by atoms with van der Waals surface area (Å²) in [5.74, 6) is 0.933. The fourth-order valence-corrected chi connectivity index (χ4v) is 1.95. The third-order valence-electron chi connectivity index (χ3n) is 3.22. The van der Waals surface area contributed by atoms with Crippen LogP contribution >= 0.6 is 11.8 Å². The Bertz CT molecular complexity index is 267. The van der Waals surface area contributed by atoms with Gasteiger partial charge in [-0.1, -0.05) is 13.8 Å². The minimum Gasteiger partial charge on any atom is -0.357 e. The van der Waals surface area contributed by atoms with Gasteiger partial charge in [-0.3, -0.25) is 4.99 Å². The number of nitrogens with one attached hydrogen (secondary N) is 2. The van der Waals surface area contributed by atoms with Gasteiger partial charge >= 0.3 is 0 Å². The molecule has 0 saturated carbocycles. The SMILES string of the molecule is CCCN(CC)CCNC(=NCC(C)(C)SC)NCC. The van der Waals surface area contributed by atoms with Gasteiger partial charge in [0.1, 0.15) is 0 Å². The summed E-state index contributed by atoms with van der Waals surface area (Å²) in [4.78, 5) is 7.14. The summed E-state index contributed by atoms with van der Waals surface area (Å²) in [6, 6.07) is 0. The van der Waals surface area contributed by atoms with E-state index in [0.29, 0.717) is 0 Å². The van der Waals surface area contributed by atoms with Crippen LogP contribution in [0.2, 0.25) is 0 Å². The molecule has 0 saturated heterocycles. The molecular formula is C15H34N4S. The van der Waals surface area contributed by atoms with Crippen LogP contribution < -0.4 is 10.6 Å². The van der Waals surface area contributed by atoms with Crippen molar-refractivity contribution in [3.8, 4) is 0 Å². The Hall–Kier alpha value is -0.420. The first kappa shape index (κ1) is 19.6. The van der Waals surface area contributed by atoms with Gasteiger partial charge in [0.15, 0.2) is 5.96 Å². The lowest BCUT2D eigenvalue weighted by Gasteiger charge is -2.22. The number of likely N-dealkylation sites (N-methyl/N-ethyl adjacent to an activating group) is 1. The molecule has 0 aromatic rings. The maximum absolute atomic E-state index is 4.68. The van der Waals surface area contributed by atoms with Crippen molar-refractivity contribution >= 4 is 17.7 Å². The highest BCUT2D eigenvalue weighted by Crippen LogP contribution is 2.20. The maximum atomic E-state index is 4.68. The molecule has 4 nitrogen and oxygen atoms in total. The summed E-state index contributed by atoms with van der Waals surface area (Å²) >= 11 is 1.86. The molecule has 0 fully saturated rings. The van der Waals surface area contributed by atoms with Crippen molar-refractivity contribution in [1.29, 1.82) is 0 Å². The Kier molecular flexibility index (Phi) is 11.0. The van der Waals surface area contributed by atoms with Gasteiger partial charge in [0.25, 0.3) is 0 Å². The van der Waals surface area contributed by atoms with Crippen LogP contribution in [0.5, 0.6) is 0 Å². The fourth-order valence-electron chi connectivity index (χ4n) is 1.75. The van der Waals surface area contributed by atoms with Crippen LogP contribution in [-0.2, 0) is 0 Å². The highest BCUT2D eigenvalue weighted by atomic mass is 32.2. The van der Waals surface area contributed by atoms with Crippen LogP contribution in [-0.4, -0.2) is 61.1 Å². The third-order valence-corrected chi connectivity index (χ3v) is 4.46. The van der Waals surface area contributed by atoms with Crippen molar-refractivity contribution in [2.45, 2.75) is 45.8 Å². The molecule has 2 N–H and O–H groups in total. The monoisotopic (exact) mass is 302 g/mol. The first-order chi connectivity index (χ1) is 9.49. The molecule has 5 heteroatoms. The highest BCUT2D eigenvalue weighted by molar-refractivity contribution is 7.99. The number of thioether (sulfide) groups is 1. The van der Waals surface area contributed by atoms with E-state index in [1.54, 1.807) is 0 Å². The molecule has 0 radical (unpaired) electrons. The van der Waals surface area contributed by atoms with Crippen molar-refractivity contribution in [2.24, 2.45) is 4.99 Å². The summed E-state index contributed by atoms with van der Waals surface area (Å²) < 4.78 is 0.194. The lowest BCUT2D eigenvalue weighted by atomic mass is 10.2. The van der Waals surface area contributed by atoms with E-state index in [1.807, 2.05) is 11.8 Å². The van der Waals surface area contributed by atoms with Crippen molar-refractivity contribution in [3.05, 3.63) is 0 Å². The molecule has 0 aromatic heterocycles. The third kappa shape index (κ3) is 9.48. The quantitative estimate of drug-likeness (QED) is 0.480. The first-order valence-electron chi connectivity index (χ1n) is 7.78. The summed E-state index contributed by atoms with van der Waals surface area (Å²) in [6.45, 7) is 17.0. The number of nitrogens with zero attached hydrogens (tertiary/aromatic N) is 2. The Morgan fingerprint density at radius 3 is 2.35 bits per heavy atom. The molecule has 20 heavy (non-hydrogen) atoms. The maximum Gasteiger partial charge on any atom is 0.191 e. The highest BCUT2D eigenvalue weighted by Gasteiger charge is 2.15. The van der Waals surface area contributed by atoms with Gasteiger partial charge in [0.05, 0.1) is 6.54 Å². The molecule has 0 aliphatic heterocycles. The van der Waals surface area contributed by atoms with Crippen LogP contribution in [0, 0.1) is 0 Å². The van der Waals surface area contributed by atoms with Crippen LogP contribution in [0.25, 0.3) is 0 Å². The second kappa shape index (κ2) is 11.3. The van der Waals surface area contributed by atoms with E-state index in [2.05, 4.69) is 61.4 Å². The van der Waals surface area contributed by atoms with Crippen molar-refractivity contribution < 1.29 is 0 Å². The number of hydrogen-bond acceptors (Lipinski definition) is 3. The first-order valence-corrected chi connectivity index (χ1v) is 9.01. The van der Waals surface area contributed by atoms with Gasteiger partial charge in [-0.15, -0.1) is 0 Å². The molecule has 0 atom stereocenters. The molecule has 0 spiro atoms. The Balaban J connectivity index is 4.23. The predicted octanol–water partition coefficient (Wildman–Crippen LogP) is 2.42.